The first-order valence-corrected chi connectivity index (χ1v) is 4.08. The minimum atomic E-state index is -0.505. The van der Waals surface area contributed by atoms with E-state index in [-0.39, 0.29) is 5.02 Å². The van der Waals surface area contributed by atoms with Crippen LogP contribution in [0.4, 0.5) is 4.39 Å². The van der Waals surface area contributed by atoms with Crippen molar-refractivity contribution in [1.29, 1.82) is 5.26 Å². The van der Waals surface area contributed by atoms with E-state index in [0.29, 0.717) is 5.56 Å². The van der Waals surface area contributed by atoms with E-state index in [1.807, 2.05) is 6.07 Å². The van der Waals surface area contributed by atoms with Gasteiger partial charge in [-0.3, -0.25) is 0 Å². The van der Waals surface area contributed by atoms with Crippen LogP contribution in [-0.2, 0) is 0 Å². The molecule has 0 radical (unpaired) electrons. The molecule has 0 aliphatic carbocycles. The van der Waals surface area contributed by atoms with Crippen LogP contribution >= 0.6 is 11.6 Å². The minimum Gasteiger partial charge on any atom is -0.301 e. The first-order chi connectivity index (χ1) is 6.19. The number of benzene rings is 1. The van der Waals surface area contributed by atoms with Gasteiger partial charge in [0.1, 0.15) is 11.9 Å². The van der Waals surface area contributed by atoms with Gasteiger partial charge in [0.15, 0.2) is 0 Å². The summed E-state index contributed by atoms with van der Waals surface area (Å²) in [5, 5.41) is 11.5. The molecule has 0 bridgehead atoms. The van der Waals surface area contributed by atoms with E-state index in [2.05, 4.69) is 5.32 Å². The van der Waals surface area contributed by atoms with Gasteiger partial charge in [0, 0.05) is 0 Å². The number of hydrogen-bond donors (Lipinski definition) is 1. The summed E-state index contributed by atoms with van der Waals surface area (Å²) in [6, 6.07) is 5.82. The molecule has 0 aliphatic rings. The third kappa shape index (κ3) is 2.18. The van der Waals surface area contributed by atoms with Crippen molar-refractivity contribution in [2.45, 2.75) is 6.04 Å². The van der Waals surface area contributed by atoms with Crippen LogP contribution in [0.3, 0.4) is 0 Å². The van der Waals surface area contributed by atoms with Gasteiger partial charge in [-0.15, -0.1) is 0 Å². The van der Waals surface area contributed by atoms with Crippen molar-refractivity contribution in [2.24, 2.45) is 0 Å². The summed E-state index contributed by atoms with van der Waals surface area (Å²) in [5.74, 6) is -0.505. The second kappa shape index (κ2) is 4.22. The molecule has 0 spiro atoms. The van der Waals surface area contributed by atoms with Crippen LogP contribution in [0.1, 0.15) is 11.6 Å². The molecule has 0 unspecified atom stereocenters. The number of nitriles is 1. The standard InChI is InChI=1S/C9H8ClFN2/c1-13-9(5-12)6-2-3-7(10)8(11)4-6/h2-4,9,13H,1H3/t9-/m0/s1. The van der Waals surface area contributed by atoms with Gasteiger partial charge in [-0.2, -0.15) is 5.26 Å². The second-order valence-corrected chi connectivity index (χ2v) is 2.93. The highest BCUT2D eigenvalue weighted by molar-refractivity contribution is 6.30. The van der Waals surface area contributed by atoms with E-state index >= 15 is 0 Å². The Bertz CT molecular complexity index is 346. The third-order valence-corrected chi connectivity index (χ3v) is 2.00. The number of nitrogens with zero attached hydrogens (tertiary/aromatic N) is 1. The van der Waals surface area contributed by atoms with Gasteiger partial charge in [-0.25, -0.2) is 4.39 Å². The summed E-state index contributed by atoms with van der Waals surface area (Å²) in [6.07, 6.45) is 0. The molecule has 68 valence electrons. The molecule has 0 aromatic heterocycles. The van der Waals surface area contributed by atoms with Crippen molar-refractivity contribution in [3.63, 3.8) is 0 Å². The average Bonchev–Trinajstić information content (AvgIpc) is 2.13. The predicted octanol–water partition coefficient (Wildman–Crippen LogP) is 2.26. The van der Waals surface area contributed by atoms with E-state index in [4.69, 9.17) is 16.9 Å². The number of halogens is 2. The molecule has 2 nitrogen and oxygen atoms in total. The lowest BCUT2D eigenvalue weighted by Crippen LogP contribution is -2.14. The zero-order valence-electron chi connectivity index (χ0n) is 7.01. The molecule has 0 heterocycles. The highest BCUT2D eigenvalue weighted by atomic mass is 35.5. The molecule has 0 saturated heterocycles. The summed E-state index contributed by atoms with van der Waals surface area (Å²) in [7, 11) is 1.64. The van der Waals surface area contributed by atoms with E-state index < -0.39 is 11.9 Å². The summed E-state index contributed by atoms with van der Waals surface area (Å²) >= 11 is 5.49. The van der Waals surface area contributed by atoms with E-state index in [0.717, 1.165) is 0 Å². The lowest BCUT2D eigenvalue weighted by Gasteiger charge is -2.07. The Morgan fingerprint density at radius 3 is 2.77 bits per heavy atom. The van der Waals surface area contributed by atoms with Crippen LogP contribution in [0.2, 0.25) is 5.02 Å². The molecule has 1 atom stereocenters. The highest BCUT2D eigenvalue weighted by Crippen LogP contribution is 2.19. The maximum atomic E-state index is 12.9. The van der Waals surface area contributed by atoms with E-state index in [1.54, 1.807) is 13.1 Å². The van der Waals surface area contributed by atoms with E-state index in [1.165, 1.54) is 12.1 Å². The Morgan fingerprint density at radius 1 is 1.62 bits per heavy atom. The summed E-state index contributed by atoms with van der Waals surface area (Å²) in [6.45, 7) is 0. The van der Waals surface area contributed by atoms with Gasteiger partial charge < -0.3 is 5.32 Å². The van der Waals surface area contributed by atoms with Gasteiger partial charge in [-0.1, -0.05) is 17.7 Å². The maximum Gasteiger partial charge on any atom is 0.142 e. The maximum absolute atomic E-state index is 12.9. The Hall–Kier alpha value is -1.11. The normalized spacial score (nSPS) is 12.2. The average molecular weight is 199 g/mol. The molecule has 13 heavy (non-hydrogen) atoms. The number of rotatable bonds is 2. The van der Waals surface area contributed by atoms with Gasteiger partial charge in [0.25, 0.3) is 0 Å². The zero-order valence-corrected chi connectivity index (χ0v) is 7.77. The van der Waals surface area contributed by atoms with E-state index in [9.17, 15) is 4.39 Å². The zero-order chi connectivity index (χ0) is 9.84. The number of hydrogen-bond acceptors (Lipinski definition) is 2. The van der Waals surface area contributed by atoms with Crippen molar-refractivity contribution >= 4 is 11.6 Å². The van der Waals surface area contributed by atoms with Crippen LogP contribution in [0.5, 0.6) is 0 Å². The first kappa shape index (κ1) is 9.97. The molecule has 0 saturated carbocycles. The van der Waals surface area contributed by atoms with Crippen molar-refractivity contribution in [2.75, 3.05) is 7.05 Å². The Morgan fingerprint density at radius 2 is 2.31 bits per heavy atom. The fourth-order valence-corrected chi connectivity index (χ4v) is 1.12. The van der Waals surface area contributed by atoms with Crippen LogP contribution in [0.25, 0.3) is 0 Å². The Labute approximate surface area is 80.9 Å². The Balaban J connectivity index is 3.04. The fourth-order valence-electron chi connectivity index (χ4n) is 0.998. The lowest BCUT2D eigenvalue weighted by molar-refractivity contribution is 0.620. The second-order valence-electron chi connectivity index (χ2n) is 2.52. The van der Waals surface area contributed by atoms with Crippen LogP contribution in [0.15, 0.2) is 18.2 Å². The summed E-state index contributed by atoms with van der Waals surface area (Å²) in [5.41, 5.74) is 0.576. The lowest BCUT2D eigenvalue weighted by atomic mass is 10.1. The molecule has 4 heteroatoms. The minimum absolute atomic E-state index is 0.0662. The molecule has 0 fully saturated rings. The largest absolute Gasteiger partial charge is 0.301 e. The molecule has 1 rings (SSSR count). The third-order valence-electron chi connectivity index (χ3n) is 1.69. The molecular formula is C9H8ClFN2. The van der Waals surface area contributed by atoms with Crippen LogP contribution in [-0.4, -0.2) is 7.05 Å². The van der Waals surface area contributed by atoms with Gasteiger partial charge in [0.05, 0.1) is 11.1 Å². The fraction of sp³-hybridized carbons (Fsp3) is 0.222. The van der Waals surface area contributed by atoms with Crippen molar-refractivity contribution in [3.05, 3.63) is 34.6 Å². The molecular weight excluding hydrogens is 191 g/mol. The van der Waals surface area contributed by atoms with Crippen molar-refractivity contribution < 1.29 is 4.39 Å². The smallest absolute Gasteiger partial charge is 0.142 e. The molecule has 0 aliphatic heterocycles. The van der Waals surface area contributed by atoms with Crippen LogP contribution < -0.4 is 5.32 Å². The van der Waals surface area contributed by atoms with Gasteiger partial charge >= 0.3 is 0 Å². The van der Waals surface area contributed by atoms with Gasteiger partial charge in [-0.05, 0) is 24.7 Å². The summed E-state index contributed by atoms with van der Waals surface area (Å²) in [4.78, 5) is 0. The quantitative estimate of drug-likeness (QED) is 0.792. The first-order valence-electron chi connectivity index (χ1n) is 3.71. The predicted molar refractivity (Wildman–Crippen MR) is 48.8 cm³/mol. The van der Waals surface area contributed by atoms with Crippen molar-refractivity contribution in [1.82, 2.24) is 5.32 Å². The molecule has 1 aromatic carbocycles. The molecule has 1 N–H and O–H groups in total. The molecule has 0 amide bonds. The topological polar surface area (TPSA) is 35.8 Å². The Kier molecular flexibility index (Phi) is 3.24. The highest BCUT2D eigenvalue weighted by Gasteiger charge is 2.09. The van der Waals surface area contributed by atoms with Gasteiger partial charge in [0.2, 0.25) is 0 Å². The number of nitrogens with one attached hydrogen (secondary N) is 1. The van der Waals surface area contributed by atoms with Crippen molar-refractivity contribution in [3.8, 4) is 6.07 Å². The molecule has 1 aromatic rings. The SMILES string of the molecule is CN[C@@H](C#N)c1ccc(Cl)c(F)c1. The monoisotopic (exact) mass is 198 g/mol. The summed E-state index contributed by atoms with van der Waals surface area (Å²) < 4.78 is 12.9. The van der Waals surface area contributed by atoms with Crippen LogP contribution in [0, 0.1) is 17.1 Å².